The molecule has 6 heteroatoms. The van der Waals surface area contributed by atoms with Crippen LogP contribution in [0, 0.1) is 13.8 Å². The Hall–Kier alpha value is -2.08. The summed E-state index contributed by atoms with van der Waals surface area (Å²) in [5.74, 6) is 0.324. The van der Waals surface area contributed by atoms with Crippen LogP contribution >= 0.6 is 0 Å². The highest BCUT2D eigenvalue weighted by Crippen LogP contribution is 2.19. The smallest absolute Gasteiger partial charge is 0.258 e. The molecule has 2 rings (SSSR count). The second-order valence-electron chi connectivity index (χ2n) is 6.14. The van der Waals surface area contributed by atoms with Gasteiger partial charge in [0.05, 0.1) is 6.54 Å². The Labute approximate surface area is 137 Å². The Morgan fingerprint density at radius 2 is 2.00 bits per heavy atom. The van der Waals surface area contributed by atoms with E-state index in [1.165, 1.54) is 0 Å². The van der Waals surface area contributed by atoms with Crippen molar-refractivity contribution in [3.8, 4) is 5.75 Å². The lowest BCUT2D eigenvalue weighted by atomic mass is 10.1. The van der Waals surface area contributed by atoms with Crippen molar-refractivity contribution in [1.82, 2.24) is 10.2 Å². The molecular weight excluding hydrogens is 294 g/mol. The number of ether oxygens (including phenoxy) is 1. The van der Waals surface area contributed by atoms with Gasteiger partial charge in [-0.2, -0.15) is 0 Å². The van der Waals surface area contributed by atoms with E-state index in [1.807, 2.05) is 36.9 Å². The van der Waals surface area contributed by atoms with E-state index in [9.17, 15) is 9.59 Å². The highest BCUT2D eigenvalue weighted by molar-refractivity contribution is 5.78. The third kappa shape index (κ3) is 5.56. The summed E-state index contributed by atoms with van der Waals surface area (Å²) >= 11 is 0. The Kier molecular flexibility index (Phi) is 5.98. The van der Waals surface area contributed by atoms with Crippen LogP contribution in [-0.4, -0.2) is 49.0 Å². The number of nitrogens with zero attached hydrogens (tertiary/aromatic N) is 1. The first kappa shape index (κ1) is 17.3. The highest BCUT2D eigenvalue weighted by Gasteiger charge is 2.21. The molecule has 0 aliphatic carbocycles. The maximum atomic E-state index is 12.0. The number of carbonyl (C=O) groups excluding carboxylic acids is 2. The van der Waals surface area contributed by atoms with E-state index in [0.29, 0.717) is 0 Å². The van der Waals surface area contributed by atoms with Gasteiger partial charge in [-0.05, 0) is 43.9 Å². The minimum atomic E-state index is -0.311. The summed E-state index contributed by atoms with van der Waals surface area (Å²) in [5, 5.41) is 2.99. The van der Waals surface area contributed by atoms with Crippen LogP contribution in [0.2, 0.25) is 0 Å². The molecule has 1 saturated heterocycles. The maximum absolute atomic E-state index is 12.0. The van der Waals surface area contributed by atoms with Crippen molar-refractivity contribution in [3.05, 3.63) is 29.3 Å². The van der Waals surface area contributed by atoms with Gasteiger partial charge >= 0.3 is 0 Å². The van der Waals surface area contributed by atoms with Crippen LogP contribution < -0.4 is 15.8 Å². The van der Waals surface area contributed by atoms with Crippen molar-refractivity contribution in [2.24, 2.45) is 5.73 Å². The van der Waals surface area contributed by atoms with Gasteiger partial charge < -0.3 is 15.8 Å². The third-order valence-electron chi connectivity index (χ3n) is 4.03. The fourth-order valence-electron chi connectivity index (χ4n) is 2.73. The first-order valence-corrected chi connectivity index (χ1v) is 7.94. The Bertz CT molecular complexity index is 566. The summed E-state index contributed by atoms with van der Waals surface area (Å²) in [4.78, 5) is 24.9. The summed E-state index contributed by atoms with van der Waals surface area (Å²) in [6.45, 7) is 5.80. The van der Waals surface area contributed by atoms with Crippen molar-refractivity contribution in [3.63, 3.8) is 0 Å². The lowest BCUT2D eigenvalue weighted by Gasteiger charge is -2.31. The normalized spacial score (nSPS) is 16.1. The van der Waals surface area contributed by atoms with Crippen LogP contribution in [0.5, 0.6) is 5.75 Å². The lowest BCUT2D eigenvalue weighted by Crippen LogP contribution is -2.47. The number of primary amides is 1. The van der Waals surface area contributed by atoms with Gasteiger partial charge in [0.1, 0.15) is 5.75 Å². The van der Waals surface area contributed by atoms with E-state index in [4.69, 9.17) is 10.5 Å². The summed E-state index contributed by atoms with van der Waals surface area (Å²) in [6.07, 6.45) is 1.64. The zero-order chi connectivity index (χ0) is 16.8. The second kappa shape index (κ2) is 7.97. The van der Waals surface area contributed by atoms with Gasteiger partial charge in [-0.3, -0.25) is 14.5 Å². The third-order valence-corrected chi connectivity index (χ3v) is 4.03. The molecular formula is C17H25N3O3. The molecule has 1 aromatic rings. The molecule has 2 amide bonds. The molecule has 1 fully saturated rings. The first-order valence-electron chi connectivity index (χ1n) is 7.94. The van der Waals surface area contributed by atoms with E-state index in [-0.39, 0.29) is 31.0 Å². The van der Waals surface area contributed by atoms with Crippen LogP contribution in [0.4, 0.5) is 0 Å². The number of nitrogens with two attached hydrogens (primary N) is 1. The Morgan fingerprint density at radius 3 is 2.65 bits per heavy atom. The molecule has 0 aromatic heterocycles. The maximum Gasteiger partial charge on any atom is 0.258 e. The second-order valence-corrected chi connectivity index (χ2v) is 6.14. The number of benzene rings is 1. The van der Waals surface area contributed by atoms with Gasteiger partial charge in [0.15, 0.2) is 6.61 Å². The topological polar surface area (TPSA) is 84.7 Å². The monoisotopic (exact) mass is 319 g/mol. The van der Waals surface area contributed by atoms with E-state index >= 15 is 0 Å². The minimum absolute atomic E-state index is 0.0196. The molecule has 1 heterocycles. The standard InChI is InChI=1S/C17H25N3O3/c1-12-3-4-13(2)15(9-12)23-11-17(22)19-14-5-7-20(8-6-14)10-16(18)21/h3-4,9,14H,5-8,10-11H2,1-2H3,(H2,18,21)(H,19,22). The van der Waals surface area contributed by atoms with E-state index in [1.54, 1.807) is 0 Å². The van der Waals surface area contributed by atoms with Crippen molar-refractivity contribution in [1.29, 1.82) is 0 Å². The highest BCUT2D eigenvalue weighted by atomic mass is 16.5. The number of carbonyl (C=O) groups is 2. The molecule has 3 N–H and O–H groups in total. The van der Waals surface area contributed by atoms with Crippen molar-refractivity contribution in [2.45, 2.75) is 32.7 Å². The quantitative estimate of drug-likeness (QED) is 0.810. The van der Waals surface area contributed by atoms with Crippen LogP contribution in [-0.2, 0) is 9.59 Å². The molecule has 0 atom stereocenters. The number of nitrogens with one attached hydrogen (secondary N) is 1. The SMILES string of the molecule is Cc1ccc(C)c(OCC(=O)NC2CCN(CC(N)=O)CC2)c1. The molecule has 126 valence electrons. The lowest BCUT2D eigenvalue weighted by molar-refractivity contribution is -0.124. The van der Waals surface area contributed by atoms with Crippen LogP contribution in [0.3, 0.4) is 0 Å². The predicted molar refractivity (Wildman–Crippen MR) is 88.2 cm³/mol. The largest absolute Gasteiger partial charge is 0.483 e. The van der Waals surface area contributed by atoms with Gasteiger partial charge in [-0.25, -0.2) is 0 Å². The first-order chi connectivity index (χ1) is 10.9. The summed E-state index contributed by atoms with van der Waals surface area (Å²) in [5.41, 5.74) is 7.31. The van der Waals surface area contributed by atoms with E-state index < -0.39 is 0 Å². The van der Waals surface area contributed by atoms with Crippen molar-refractivity contribution < 1.29 is 14.3 Å². The molecule has 0 unspecified atom stereocenters. The number of aryl methyl sites for hydroxylation is 2. The van der Waals surface area contributed by atoms with Crippen LogP contribution in [0.15, 0.2) is 18.2 Å². The van der Waals surface area contributed by atoms with Gasteiger partial charge in [-0.1, -0.05) is 12.1 Å². The van der Waals surface area contributed by atoms with Crippen LogP contribution in [0.25, 0.3) is 0 Å². The molecule has 0 radical (unpaired) electrons. The average molecular weight is 319 g/mol. The molecule has 23 heavy (non-hydrogen) atoms. The molecule has 6 nitrogen and oxygen atoms in total. The van der Waals surface area contributed by atoms with Gasteiger partial charge in [-0.15, -0.1) is 0 Å². The molecule has 0 saturated carbocycles. The summed E-state index contributed by atoms with van der Waals surface area (Å²) in [6, 6.07) is 6.07. The number of amides is 2. The van der Waals surface area contributed by atoms with Gasteiger partial charge in [0, 0.05) is 19.1 Å². The Morgan fingerprint density at radius 1 is 1.30 bits per heavy atom. The van der Waals surface area contributed by atoms with Gasteiger partial charge in [0.2, 0.25) is 5.91 Å². The summed E-state index contributed by atoms with van der Waals surface area (Å²) in [7, 11) is 0. The molecule has 1 aromatic carbocycles. The van der Waals surface area contributed by atoms with E-state index in [2.05, 4.69) is 5.32 Å². The average Bonchev–Trinajstić information content (AvgIpc) is 2.50. The van der Waals surface area contributed by atoms with Crippen molar-refractivity contribution >= 4 is 11.8 Å². The fraction of sp³-hybridized carbons (Fsp3) is 0.529. The molecule has 1 aliphatic heterocycles. The number of rotatable bonds is 6. The number of likely N-dealkylation sites (tertiary alicyclic amines) is 1. The number of hydrogen-bond donors (Lipinski definition) is 2. The Balaban J connectivity index is 1.73. The number of piperidine rings is 1. The zero-order valence-electron chi connectivity index (χ0n) is 13.8. The summed E-state index contributed by atoms with van der Waals surface area (Å²) < 4.78 is 5.61. The molecule has 0 spiro atoms. The number of hydrogen-bond acceptors (Lipinski definition) is 4. The van der Waals surface area contributed by atoms with Crippen LogP contribution in [0.1, 0.15) is 24.0 Å². The zero-order valence-corrected chi connectivity index (χ0v) is 13.8. The van der Waals surface area contributed by atoms with E-state index in [0.717, 1.165) is 42.8 Å². The van der Waals surface area contributed by atoms with Gasteiger partial charge in [0.25, 0.3) is 5.91 Å². The molecule has 0 bridgehead atoms. The minimum Gasteiger partial charge on any atom is -0.483 e. The molecule has 1 aliphatic rings. The fourth-order valence-corrected chi connectivity index (χ4v) is 2.73. The predicted octanol–water partition coefficient (Wildman–Crippen LogP) is 0.748. The van der Waals surface area contributed by atoms with Crippen molar-refractivity contribution in [2.75, 3.05) is 26.2 Å².